The lowest BCUT2D eigenvalue weighted by molar-refractivity contribution is 0.398. The number of nitrogens with one attached hydrogen (secondary N) is 2. The van der Waals surface area contributed by atoms with Crippen molar-refractivity contribution in [1.29, 1.82) is 0 Å². The first-order valence-corrected chi connectivity index (χ1v) is 9.68. The van der Waals surface area contributed by atoms with Crippen LogP contribution < -0.4 is 20.1 Å². The largest absolute Gasteiger partial charge is 0.497 e. The van der Waals surface area contributed by atoms with Crippen LogP contribution in [0.25, 0.3) is 0 Å². The van der Waals surface area contributed by atoms with Crippen LogP contribution in [0.1, 0.15) is 23.2 Å². The highest BCUT2D eigenvalue weighted by atomic mass is 32.1. The molecule has 2 rings (SSSR count). The fourth-order valence-electron chi connectivity index (χ4n) is 2.54. The summed E-state index contributed by atoms with van der Waals surface area (Å²) in [4.78, 5) is 9.10. The Morgan fingerprint density at radius 1 is 1.19 bits per heavy atom. The van der Waals surface area contributed by atoms with Crippen LogP contribution in [-0.2, 0) is 12.8 Å². The van der Waals surface area contributed by atoms with E-state index in [1.165, 1.54) is 0 Å². The summed E-state index contributed by atoms with van der Waals surface area (Å²) in [6.45, 7) is 6.37. The van der Waals surface area contributed by atoms with Crippen LogP contribution >= 0.6 is 11.3 Å². The lowest BCUT2D eigenvalue weighted by Crippen LogP contribution is -2.38. The van der Waals surface area contributed by atoms with E-state index < -0.39 is 0 Å². The number of nitrogens with zero attached hydrogens (tertiary/aromatic N) is 2. The van der Waals surface area contributed by atoms with Crippen molar-refractivity contribution in [3.63, 3.8) is 0 Å². The van der Waals surface area contributed by atoms with Crippen LogP contribution in [0.3, 0.4) is 0 Å². The number of guanidine groups is 1. The molecule has 0 aliphatic rings. The van der Waals surface area contributed by atoms with Crippen molar-refractivity contribution >= 4 is 17.3 Å². The second-order valence-electron chi connectivity index (χ2n) is 5.72. The Morgan fingerprint density at radius 3 is 2.69 bits per heavy atom. The van der Waals surface area contributed by atoms with Crippen LogP contribution in [0.4, 0.5) is 0 Å². The molecule has 0 atom stereocenters. The number of ether oxygens (including phenoxy) is 2. The van der Waals surface area contributed by atoms with E-state index in [1.54, 1.807) is 25.6 Å². The van der Waals surface area contributed by atoms with Gasteiger partial charge in [-0.3, -0.25) is 4.99 Å². The fourth-order valence-corrected chi connectivity index (χ4v) is 3.19. The van der Waals surface area contributed by atoms with Gasteiger partial charge in [0, 0.05) is 31.4 Å². The summed E-state index contributed by atoms with van der Waals surface area (Å²) in [5, 5.41) is 9.85. The molecule has 142 valence electrons. The molecular weight excluding hydrogens is 348 g/mol. The standard InChI is InChI=1S/C19H28N4O2S/c1-5-20-19(22-11-9-16-13-26-14(2)23-16)21-10-8-15-12-17(24-3)6-7-18(15)25-4/h6-7,12-13H,5,8-11H2,1-4H3,(H2,20,21,22). The lowest BCUT2D eigenvalue weighted by atomic mass is 10.1. The minimum atomic E-state index is 0.709. The molecule has 0 unspecified atom stereocenters. The Hall–Kier alpha value is -2.28. The quantitative estimate of drug-likeness (QED) is 0.520. The Balaban J connectivity index is 1.88. The molecule has 1 aromatic heterocycles. The van der Waals surface area contributed by atoms with Gasteiger partial charge in [0.15, 0.2) is 5.96 Å². The van der Waals surface area contributed by atoms with Crippen LogP contribution in [0.5, 0.6) is 11.5 Å². The highest BCUT2D eigenvalue weighted by molar-refractivity contribution is 7.09. The molecular formula is C19H28N4O2S. The molecule has 7 heteroatoms. The third-order valence-electron chi connectivity index (χ3n) is 3.82. The molecule has 6 nitrogen and oxygen atoms in total. The summed E-state index contributed by atoms with van der Waals surface area (Å²) in [6, 6.07) is 5.85. The third-order valence-corrected chi connectivity index (χ3v) is 4.65. The molecule has 2 aromatic rings. The highest BCUT2D eigenvalue weighted by Crippen LogP contribution is 2.24. The average molecular weight is 377 g/mol. The van der Waals surface area contributed by atoms with Crippen molar-refractivity contribution in [3.05, 3.63) is 39.8 Å². The topological polar surface area (TPSA) is 67.8 Å². The minimum Gasteiger partial charge on any atom is -0.497 e. The van der Waals surface area contributed by atoms with Gasteiger partial charge in [-0.05, 0) is 44.0 Å². The van der Waals surface area contributed by atoms with E-state index in [1.807, 2.05) is 25.1 Å². The molecule has 1 heterocycles. The normalized spacial score (nSPS) is 11.3. The predicted molar refractivity (Wildman–Crippen MR) is 108 cm³/mol. The van der Waals surface area contributed by atoms with Gasteiger partial charge in [0.1, 0.15) is 11.5 Å². The Kier molecular flexibility index (Phi) is 8.21. The minimum absolute atomic E-state index is 0.709. The fraction of sp³-hybridized carbons (Fsp3) is 0.474. The van der Waals surface area contributed by atoms with Gasteiger partial charge in [-0.15, -0.1) is 11.3 Å². The van der Waals surface area contributed by atoms with Gasteiger partial charge in [-0.1, -0.05) is 0 Å². The van der Waals surface area contributed by atoms with Gasteiger partial charge in [0.05, 0.1) is 24.9 Å². The smallest absolute Gasteiger partial charge is 0.191 e. The van der Waals surface area contributed by atoms with Gasteiger partial charge < -0.3 is 20.1 Å². The Labute approximate surface area is 159 Å². The molecule has 0 aliphatic heterocycles. The van der Waals surface area contributed by atoms with E-state index in [2.05, 4.69) is 32.9 Å². The van der Waals surface area contributed by atoms with Gasteiger partial charge in [0.2, 0.25) is 0 Å². The number of hydrogen-bond acceptors (Lipinski definition) is 5. The molecule has 0 saturated carbocycles. The molecule has 0 saturated heterocycles. The van der Waals surface area contributed by atoms with Gasteiger partial charge >= 0.3 is 0 Å². The summed E-state index contributed by atoms with van der Waals surface area (Å²) in [5.74, 6) is 2.52. The summed E-state index contributed by atoms with van der Waals surface area (Å²) in [5.41, 5.74) is 2.21. The van der Waals surface area contributed by atoms with E-state index in [9.17, 15) is 0 Å². The van der Waals surface area contributed by atoms with Crippen LogP contribution in [-0.4, -0.2) is 44.8 Å². The Morgan fingerprint density at radius 2 is 2.04 bits per heavy atom. The maximum Gasteiger partial charge on any atom is 0.191 e. The average Bonchev–Trinajstić information content (AvgIpc) is 3.06. The number of rotatable bonds is 9. The highest BCUT2D eigenvalue weighted by Gasteiger charge is 2.06. The molecule has 0 radical (unpaired) electrons. The molecule has 2 N–H and O–H groups in total. The van der Waals surface area contributed by atoms with Crippen molar-refractivity contribution in [2.24, 2.45) is 4.99 Å². The number of thiazole rings is 1. The summed E-state index contributed by atoms with van der Waals surface area (Å²) < 4.78 is 10.7. The first-order chi connectivity index (χ1) is 12.7. The number of benzene rings is 1. The third kappa shape index (κ3) is 6.22. The van der Waals surface area contributed by atoms with E-state index in [0.717, 1.165) is 59.7 Å². The number of aromatic nitrogens is 1. The molecule has 0 spiro atoms. The molecule has 0 aliphatic carbocycles. The maximum atomic E-state index is 5.43. The first kappa shape index (κ1) is 20.0. The molecule has 0 amide bonds. The predicted octanol–water partition coefficient (Wildman–Crippen LogP) is 2.81. The zero-order chi connectivity index (χ0) is 18.8. The van der Waals surface area contributed by atoms with Crippen molar-refractivity contribution in [3.8, 4) is 11.5 Å². The SMILES string of the molecule is CCNC(=NCCc1csc(C)n1)NCCc1cc(OC)ccc1OC. The first-order valence-electron chi connectivity index (χ1n) is 8.80. The zero-order valence-corrected chi connectivity index (χ0v) is 16.8. The summed E-state index contributed by atoms with van der Waals surface area (Å²) in [7, 11) is 3.36. The number of hydrogen-bond donors (Lipinski definition) is 2. The van der Waals surface area contributed by atoms with E-state index >= 15 is 0 Å². The van der Waals surface area contributed by atoms with Crippen molar-refractivity contribution in [2.75, 3.05) is 33.9 Å². The van der Waals surface area contributed by atoms with Crippen LogP contribution in [0.2, 0.25) is 0 Å². The number of aryl methyl sites for hydroxylation is 1. The van der Waals surface area contributed by atoms with Gasteiger partial charge in [0.25, 0.3) is 0 Å². The van der Waals surface area contributed by atoms with Crippen molar-refractivity contribution in [1.82, 2.24) is 15.6 Å². The summed E-state index contributed by atoms with van der Waals surface area (Å²) >= 11 is 1.68. The molecule has 0 fully saturated rings. The number of aliphatic imine (C=N–C) groups is 1. The van der Waals surface area contributed by atoms with Crippen molar-refractivity contribution < 1.29 is 9.47 Å². The van der Waals surface area contributed by atoms with E-state index in [4.69, 9.17) is 9.47 Å². The van der Waals surface area contributed by atoms with Crippen LogP contribution in [0.15, 0.2) is 28.6 Å². The molecule has 1 aromatic carbocycles. The van der Waals surface area contributed by atoms with E-state index in [-0.39, 0.29) is 0 Å². The second-order valence-corrected chi connectivity index (χ2v) is 6.79. The van der Waals surface area contributed by atoms with Crippen molar-refractivity contribution in [2.45, 2.75) is 26.7 Å². The maximum absolute atomic E-state index is 5.43. The van der Waals surface area contributed by atoms with Gasteiger partial charge in [-0.25, -0.2) is 4.98 Å². The zero-order valence-electron chi connectivity index (χ0n) is 16.0. The van der Waals surface area contributed by atoms with E-state index in [0.29, 0.717) is 6.54 Å². The van der Waals surface area contributed by atoms with Gasteiger partial charge in [-0.2, -0.15) is 0 Å². The Bertz CT molecular complexity index is 715. The lowest BCUT2D eigenvalue weighted by Gasteiger charge is -2.13. The summed E-state index contributed by atoms with van der Waals surface area (Å²) in [6.07, 6.45) is 1.67. The van der Waals surface area contributed by atoms with Crippen LogP contribution in [0, 0.1) is 6.92 Å². The number of methoxy groups -OCH3 is 2. The molecule has 0 bridgehead atoms. The molecule has 26 heavy (non-hydrogen) atoms. The second kappa shape index (κ2) is 10.7. The monoisotopic (exact) mass is 376 g/mol.